The van der Waals surface area contributed by atoms with Crippen molar-refractivity contribution in [3.63, 3.8) is 0 Å². The first-order chi connectivity index (χ1) is 6.43. The molecule has 0 saturated heterocycles. The summed E-state index contributed by atoms with van der Waals surface area (Å²) in [6, 6.07) is 0. The van der Waals surface area contributed by atoms with Gasteiger partial charge in [0.2, 0.25) is 0 Å². The van der Waals surface area contributed by atoms with Crippen molar-refractivity contribution in [2.45, 2.75) is 12.8 Å². The van der Waals surface area contributed by atoms with Crippen molar-refractivity contribution >= 4 is 17.4 Å². The molecule has 0 aliphatic heterocycles. The van der Waals surface area contributed by atoms with Gasteiger partial charge in [-0.05, 0) is 12.8 Å². The largest absolute Gasteiger partial charge is 0.290 e. The minimum absolute atomic E-state index is 0.847. The molecule has 1 fully saturated rings. The summed E-state index contributed by atoms with van der Waals surface area (Å²) in [6.45, 7) is 0. The fourth-order valence-electron chi connectivity index (χ4n) is 1.28. The van der Waals surface area contributed by atoms with Gasteiger partial charge < -0.3 is 0 Å². The van der Waals surface area contributed by atoms with Crippen LogP contribution in [0.5, 0.6) is 0 Å². The Morgan fingerprint density at radius 2 is 2.23 bits per heavy atom. The first-order valence-corrected chi connectivity index (χ1v) is 4.25. The molecule has 0 atom stereocenters. The lowest BCUT2D eigenvalue weighted by Crippen LogP contribution is -1.86. The van der Waals surface area contributed by atoms with Crippen LogP contribution in [0, 0.1) is 0 Å². The highest BCUT2D eigenvalue weighted by Gasteiger charge is 2.11. The van der Waals surface area contributed by atoms with Crippen molar-refractivity contribution in [1.82, 2.24) is 19.5 Å². The predicted molar refractivity (Wildman–Crippen MR) is 48.8 cm³/mol. The van der Waals surface area contributed by atoms with Crippen LogP contribution in [0.1, 0.15) is 12.8 Å². The van der Waals surface area contributed by atoms with E-state index < -0.39 is 0 Å². The van der Waals surface area contributed by atoms with E-state index in [2.05, 4.69) is 21.2 Å². The average Bonchev–Trinajstić information content (AvgIpc) is 2.88. The summed E-state index contributed by atoms with van der Waals surface area (Å²) in [5, 5.41) is 0. The van der Waals surface area contributed by atoms with E-state index in [1.54, 1.807) is 18.9 Å². The van der Waals surface area contributed by atoms with Gasteiger partial charge in [-0.15, -0.1) is 0 Å². The summed E-state index contributed by atoms with van der Waals surface area (Å²) in [5.41, 5.74) is 3.19. The maximum Gasteiger partial charge on any atom is 0.167 e. The van der Waals surface area contributed by atoms with Crippen molar-refractivity contribution < 1.29 is 0 Å². The minimum Gasteiger partial charge on any atom is -0.290 e. The van der Waals surface area contributed by atoms with Gasteiger partial charge in [0.15, 0.2) is 5.65 Å². The molecule has 2 aromatic heterocycles. The highest BCUT2D eigenvalue weighted by atomic mass is 15.1. The second-order valence-corrected chi connectivity index (χ2v) is 3.17. The molecular formula is C9H8N4. The molecule has 2 aromatic rings. The lowest BCUT2D eigenvalue weighted by Gasteiger charge is -1.92. The predicted octanol–water partition coefficient (Wildman–Crippen LogP) is 1.46. The fraction of sp³-hybridized carbons (Fsp3) is 0.222. The summed E-state index contributed by atoms with van der Waals surface area (Å²) >= 11 is 0. The summed E-state index contributed by atoms with van der Waals surface area (Å²) in [7, 11) is 0. The smallest absolute Gasteiger partial charge is 0.167 e. The molecule has 4 nitrogen and oxygen atoms in total. The van der Waals surface area contributed by atoms with E-state index in [4.69, 9.17) is 0 Å². The fourth-order valence-corrected chi connectivity index (χ4v) is 1.28. The molecule has 0 N–H and O–H groups in total. The van der Waals surface area contributed by atoms with Crippen LogP contribution in [0.25, 0.3) is 17.4 Å². The number of hydrogen-bond donors (Lipinski definition) is 0. The molecule has 1 aliphatic carbocycles. The molecule has 1 aliphatic rings. The normalized spacial score (nSPS) is 14.9. The van der Waals surface area contributed by atoms with Gasteiger partial charge in [-0.1, -0.05) is 5.57 Å². The Labute approximate surface area is 75.0 Å². The minimum atomic E-state index is 0.847. The molecule has 0 radical (unpaired) electrons. The Bertz CT molecular complexity index is 477. The van der Waals surface area contributed by atoms with Crippen LogP contribution in [-0.4, -0.2) is 19.5 Å². The molecule has 2 heterocycles. The van der Waals surface area contributed by atoms with Gasteiger partial charge in [0.25, 0.3) is 0 Å². The monoisotopic (exact) mass is 172 g/mol. The summed E-state index contributed by atoms with van der Waals surface area (Å²) in [5.74, 6) is 0. The number of allylic oxidation sites excluding steroid dienone is 1. The van der Waals surface area contributed by atoms with Crippen molar-refractivity contribution in [2.24, 2.45) is 0 Å². The van der Waals surface area contributed by atoms with Crippen LogP contribution in [0.2, 0.25) is 0 Å². The van der Waals surface area contributed by atoms with Crippen molar-refractivity contribution in [3.05, 3.63) is 24.4 Å². The average molecular weight is 172 g/mol. The number of nitrogens with zero attached hydrogens (tertiary/aromatic N) is 4. The summed E-state index contributed by atoms with van der Waals surface area (Å²) in [6.07, 6.45) is 9.58. The molecular weight excluding hydrogens is 164 g/mol. The molecule has 13 heavy (non-hydrogen) atoms. The molecule has 64 valence electrons. The number of hydrogen-bond acceptors (Lipinski definition) is 3. The quantitative estimate of drug-likeness (QED) is 0.654. The van der Waals surface area contributed by atoms with Crippen LogP contribution in [0.4, 0.5) is 0 Å². The second kappa shape index (κ2) is 2.39. The number of fused-ring (bicyclic) bond motifs is 1. The number of imidazole rings is 1. The number of rotatable bonds is 1. The van der Waals surface area contributed by atoms with E-state index in [1.807, 2.05) is 4.57 Å². The molecule has 4 heteroatoms. The third-order valence-electron chi connectivity index (χ3n) is 2.10. The molecule has 0 bridgehead atoms. The van der Waals surface area contributed by atoms with Crippen LogP contribution in [0.3, 0.4) is 0 Å². The summed E-state index contributed by atoms with van der Waals surface area (Å²) in [4.78, 5) is 12.3. The van der Waals surface area contributed by atoms with Gasteiger partial charge in [0.1, 0.15) is 18.2 Å². The van der Waals surface area contributed by atoms with Gasteiger partial charge in [0.05, 0.1) is 6.20 Å². The van der Waals surface area contributed by atoms with Crippen LogP contribution >= 0.6 is 0 Å². The maximum atomic E-state index is 4.19. The van der Waals surface area contributed by atoms with E-state index >= 15 is 0 Å². The molecule has 0 amide bonds. The highest BCUT2D eigenvalue weighted by molar-refractivity contribution is 5.71. The molecule has 1 saturated carbocycles. The third-order valence-corrected chi connectivity index (χ3v) is 2.10. The van der Waals surface area contributed by atoms with Crippen LogP contribution in [-0.2, 0) is 0 Å². The van der Waals surface area contributed by atoms with E-state index in [0.717, 1.165) is 11.2 Å². The Morgan fingerprint density at radius 1 is 1.31 bits per heavy atom. The second-order valence-electron chi connectivity index (χ2n) is 3.17. The van der Waals surface area contributed by atoms with E-state index in [0.29, 0.717) is 0 Å². The summed E-state index contributed by atoms with van der Waals surface area (Å²) < 4.78 is 1.96. The molecule has 0 spiro atoms. The van der Waals surface area contributed by atoms with Crippen LogP contribution < -0.4 is 0 Å². The molecule has 0 unspecified atom stereocenters. The van der Waals surface area contributed by atoms with Crippen molar-refractivity contribution in [2.75, 3.05) is 0 Å². The van der Waals surface area contributed by atoms with Crippen molar-refractivity contribution in [3.8, 4) is 0 Å². The van der Waals surface area contributed by atoms with Gasteiger partial charge >= 0.3 is 0 Å². The first-order valence-electron chi connectivity index (χ1n) is 4.25. The first kappa shape index (κ1) is 6.77. The SMILES string of the molecule is C(=C1CC1)n1cnc2cncnc21. The molecule has 0 aromatic carbocycles. The Balaban J connectivity index is 2.23. The zero-order chi connectivity index (χ0) is 8.67. The van der Waals surface area contributed by atoms with E-state index in [-0.39, 0.29) is 0 Å². The van der Waals surface area contributed by atoms with Crippen LogP contribution in [0.15, 0.2) is 24.4 Å². The molecule has 3 rings (SSSR count). The Morgan fingerprint density at radius 3 is 3.08 bits per heavy atom. The van der Waals surface area contributed by atoms with Crippen molar-refractivity contribution in [1.29, 1.82) is 0 Å². The van der Waals surface area contributed by atoms with Gasteiger partial charge in [-0.3, -0.25) is 4.57 Å². The Hall–Kier alpha value is -1.71. The Kier molecular flexibility index (Phi) is 1.24. The van der Waals surface area contributed by atoms with Gasteiger partial charge in [-0.2, -0.15) is 0 Å². The van der Waals surface area contributed by atoms with Gasteiger partial charge in [-0.25, -0.2) is 15.0 Å². The maximum absolute atomic E-state index is 4.19. The standard InChI is InChI=1S/C9H8N4/c1-2-7(1)4-13-6-12-8-3-10-5-11-9(8)13/h3-6H,1-2H2. The third kappa shape index (κ3) is 1.11. The zero-order valence-corrected chi connectivity index (χ0v) is 7.01. The van der Waals surface area contributed by atoms with E-state index in [1.165, 1.54) is 18.4 Å². The highest BCUT2D eigenvalue weighted by Crippen LogP contribution is 2.28. The lowest BCUT2D eigenvalue weighted by atomic mass is 10.5. The van der Waals surface area contributed by atoms with E-state index in [9.17, 15) is 0 Å². The zero-order valence-electron chi connectivity index (χ0n) is 7.01. The topological polar surface area (TPSA) is 43.6 Å². The number of aromatic nitrogens is 4. The van der Waals surface area contributed by atoms with Gasteiger partial charge in [0, 0.05) is 6.20 Å². The lowest BCUT2D eigenvalue weighted by molar-refractivity contribution is 1.12.